The first-order chi connectivity index (χ1) is 10.4. The highest BCUT2D eigenvalue weighted by Gasteiger charge is 2.26. The highest BCUT2D eigenvalue weighted by molar-refractivity contribution is 5.99. The van der Waals surface area contributed by atoms with Gasteiger partial charge < -0.3 is 15.0 Å². The van der Waals surface area contributed by atoms with Crippen LogP contribution in [0.5, 0.6) is 5.75 Å². The van der Waals surface area contributed by atoms with Crippen molar-refractivity contribution in [1.29, 1.82) is 0 Å². The normalized spacial score (nSPS) is 14.1. The van der Waals surface area contributed by atoms with E-state index >= 15 is 0 Å². The molecule has 0 saturated heterocycles. The molecule has 1 aromatic rings. The molecule has 0 bridgehead atoms. The van der Waals surface area contributed by atoms with Gasteiger partial charge in [0.15, 0.2) is 6.61 Å². The second kappa shape index (κ2) is 6.81. The summed E-state index contributed by atoms with van der Waals surface area (Å²) < 4.78 is 5.51. The number of carbonyl (C=O) groups is 2. The Morgan fingerprint density at radius 3 is 2.64 bits per heavy atom. The maximum absolute atomic E-state index is 12.0. The summed E-state index contributed by atoms with van der Waals surface area (Å²) in [5.74, 6) is 1.29. The van der Waals surface area contributed by atoms with E-state index in [-0.39, 0.29) is 18.4 Å². The molecule has 22 heavy (non-hydrogen) atoms. The largest absolute Gasteiger partial charge is 0.481 e. The topological polar surface area (TPSA) is 58.6 Å². The van der Waals surface area contributed by atoms with Crippen molar-refractivity contribution in [2.24, 2.45) is 11.8 Å². The predicted octanol–water partition coefficient (Wildman–Crippen LogP) is 3.05. The van der Waals surface area contributed by atoms with Crippen LogP contribution < -0.4 is 15.0 Å². The Bertz CT molecular complexity index is 567. The first-order valence-corrected chi connectivity index (χ1v) is 7.74. The van der Waals surface area contributed by atoms with Gasteiger partial charge in [-0.05, 0) is 24.0 Å². The Morgan fingerprint density at radius 2 is 2.00 bits per heavy atom. The van der Waals surface area contributed by atoms with Gasteiger partial charge in [-0.3, -0.25) is 9.59 Å². The van der Waals surface area contributed by atoms with Crippen molar-refractivity contribution >= 4 is 23.2 Å². The summed E-state index contributed by atoms with van der Waals surface area (Å²) in [6, 6.07) is 5.43. The lowest BCUT2D eigenvalue weighted by Crippen LogP contribution is -2.40. The summed E-state index contributed by atoms with van der Waals surface area (Å²) in [5.41, 5.74) is 1.47. The molecule has 0 spiro atoms. The molecule has 1 aromatic carbocycles. The number of anilines is 2. The van der Waals surface area contributed by atoms with Crippen molar-refractivity contribution in [2.75, 3.05) is 23.4 Å². The van der Waals surface area contributed by atoms with Crippen LogP contribution in [0.1, 0.15) is 34.1 Å². The highest BCUT2D eigenvalue weighted by atomic mass is 16.5. The lowest BCUT2D eigenvalue weighted by atomic mass is 10.1. The lowest BCUT2D eigenvalue weighted by molar-refractivity contribution is -0.121. The van der Waals surface area contributed by atoms with Crippen molar-refractivity contribution in [2.45, 2.75) is 34.1 Å². The fourth-order valence-corrected chi connectivity index (χ4v) is 2.43. The van der Waals surface area contributed by atoms with E-state index in [1.165, 1.54) is 0 Å². The highest BCUT2D eigenvalue weighted by Crippen LogP contribution is 2.35. The van der Waals surface area contributed by atoms with Gasteiger partial charge in [-0.15, -0.1) is 0 Å². The zero-order valence-electron chi connectivity index (χ0n) is 13.7. The van der Waals surface area contributed by atoms with Crippen LogP contribution in [-0.4, -0.2) is 25.0 Å². The first-order valence-electron chi connectivity index (χ1n) is 7.74. The molecular formula is C17H24N2O3. The van der Waals surface area contributed by atoms with Crippen molar-refractivity contribution in [3.05, 3.63) is 18.2 Å². The molecule has 1 heterocycles. The van der Waals surface area contributed by atoms with Gasteiger partial charge in [-0.25, -0.2) is 0 Å². The summed E-state index contributed by atoms with van der Waals surface area (Å²) >= 11 is 0. The quantitative estimate of drug-likeness (QED) is 0.909. The van der Waals surface area contributed by atoms with E-state index in [1.54, 1.807) is 11.0 Å². The Morgan fingerprint density at radius 1 is 1.27 bits per heavy atom. The van der Waals surface area contributed by atoms with E-state index < -0.39 is 0 Å². The van der Waals surface area contributed by atoms with E-state index in [4.69, 9.17) is 4.74 Å². The number of nitrogens with zero attached hydrogens (tertiary/aromatic N) is 1. The Hall–Kier alpha value is -2.04. The maximum atomic E-state index is 12.0. The van der Waals surface area contributed by atoms with Crippen molar-refractivity contribution < 1.29 is 14.3 Å². The molecule has 2 rings (SSSR count). The molecule has 5 nitrogen and oxygen atoms in total. The van der Waals surface area contributed by atoms with Gasteiger partial charge in [-0.2, -0.15) is 0 Å². The Kier molecular flexibility index (Phi) is 5.06. The van der Waals surface area contributed by atoms with Gasteiger partial charge in [0.05, 0.1) is 5.69 Å². The first kappa shape index (κ1) is 16.3. The second-order valence-corrected chi connectivity index (χ2v) is 6.52. The van der Waals surface area contributed by atoms with Crippen LogP contribution in [0.2, 0.25) is 0 Å². The van der Waals surface area contributed by atoms with E-state index in [2.05, 4.69) is 19.2 Å². The number of nitrogens with one attached hydrogen (secondary N) is 1. The van der Waals surface area contributed by atoms with Crippen LogP contribution in [0.15, 0.2) is 18.2 Å². The molecule has 0 fully saturated rings. The standard InChI is InChI=1S/C17H24N2O3/c1-11(2)7-16(20)18-13-5-6-14-15(8-13)22-10-17(21)19(14)9-12(3)4/h5-6,8,11-12H,7,9-10H2,1-4H3,(H,18,20). The van der Waals surface area contributed by atoms with Crippen LogP contribution in [-0.2, 0) is 9.59 Å². The van der Waals surface area contributed by atoms with Gasteiger partial charge >= 0.3 is 0 Å². The molecule has 5 heteroatoms. The second-order valence-electron chi connectivity index (χ2n) is 6.52. The van der Waals surface area contributed by atoms with Crippen LogP contribution in [0.3, 0.4) is 0 Å². The number of hydrogen-bond acceptors (Lipinski definition) is 3. The minimum absolute atomic E-state index is 0.0131. The molecule has 0 atom stereocenters. The van der Waals surface area contributed by atoms with Crippen LogP contribution in [0, 0.1) is 11.8 Å². The summed E-state index contributed by atoms with van der Waals surface area (Å²) in [4.78, 5) is 25.6. The lowest BCUT2D eigenvalue weighted by Gasteiger charge is -2.31. The predicted molar refractivity (Wildman–Crippen MR) is 87.2 cm³/mol. The van der Waals surface area contributed by atoms with Crippen molar-refractivity contribution in [3.63, 3.8) is 0 Å². The molecule has 0 saturated carbocycles. The molecule has 2 amide bonds. The molecule has 0 unspecified atom stereocenters. The van der Waals surface area contributed by atoms with Crippen LogP contribution in [0.25, 0.3) is 0 Å². The Balaban J connectivity index is 2.17. The van der Waals surface area contributed by atoms with Crippen molar-refractivity contribution in [1.82, 2.24) is 0 Å². The molecular weight excluding hydrogens is 280 g/mol. The number of amides is 2. The smallest absolute Gasteiger partial charge is 0.265 e. The number of benzene rings is 1. The van der Waals surface area contributed by atoms with Gasteiger partial charge in [0.2, 0.25) is 5.91 Å². The average molecular weight is 304 g/mol. The molecule has 120 valence electrons. The third kappa shape index (κ3) is 4.00. The molecule has 1 aliphatic rings. The van der Waals surface area contributed by atoms with E-state index in [0.717, 1.165) is 5.69 Å². The summed E-state index contributed by atoms with van der Waals surface area (Å²) in [5, 5.41) is 2.87. The summed E-state index contributed by atoms with van der Waals surface area (Å²) in [6.07, 6.45) is 0.482. The van der Waals surface area contributed by atoms with Crippen molar-refractivity contribution in [3.8, 4) is 5.75 Å². The third-order valence-corrected chi connectivity index (χ3v) is 3.33. The summed E-state index contributed by atoms with van der Waals surface area (Å²) in [7, 11) is 0. The van der Waals surface area contributed by atoms with E-state index in [0.29, 0.717) is 36.2 Å². The zero-order chi connectivity index (χ0) is 16.3. The molecule has 0 aromatic heterocycles. The average Bonchev–Trinajstić information content (AvgIpc) is 2.40. The molecule has 0 aliphatic carbocycles. The number of rotatable bonds is 5. The fraction of sp³-hybridized carbons (Fsp3) is 0.529. The van der Waals surface area contributed by atoms with E-state index in [1.807, 2.05) is 26.0 Å². The zero-order valence-corrected chi connectivity index (χ0v) is 13.7. The van der Waals surface area contributed by atoms with Crippen LogP contribution in [0.4, 0.5) is 11.4 Å². The fourth-order valence-electron chi connectivity index (χ4n) is 2.43. The molecule has 1 aliphatic heterocycles. The monoisotopic (exact) mass is 304 g/mol. The SMILES string of the molecule is CC(C)CC(=O)Nc1ccc2c(c1)OCC(=O)N2CC(C)C. The van der Waals surface area contributed by atoms with Gasteiger partial charge in [-0.1, -0.05) is 27.7 Å². The van der Waals surface area contributed by atoms with Gasteiger partial charge in [0.25, 0.3) is 5.91 Å². The number of carbonyl (C=O) groups excluding carboxylic acids is 2. The minimum Gasteiger partial charge on any atom is -0.481 e. The molecule has 1 N–H and O–H groups in total. The van der Waals surface area contributed by atoms with Gasteiger partial charge in [0, 0.05) is 24.7 Å². The van der Waals surface area contributed by atoms with Gasteiger partial charge in [0.1, 0.15) is 5.75 Å². The third-order valence-electron chi connectivity index (χ3n) is 3.33. The van der Waals surface area contributed by atoms with Crippen LogP contribution >= 0.6 is 0 Å². The molecule has 0 radical (unpaired) electrons. The maximum Gasteiger partial charge on any atom is 0.265 e. The minimum atomic E-state index is -0.0298. The Labute approximate surface area is 131 Å². The number of hydrogen-bond donors (Lipinski definition) is 1. The number of fused-ring (bicyclic) bond motifs is 1. The van der Waals surface area contributed by atoms with E-state index in [9.17, 15) is 9.59 Å². The summed E-state index contributed by atoms with van der Waals surface area (Å²) in [6.45, 7) is 8.86. The number of ether oxygens (including phenoxy) is 1.